The van der Waals surface area contributed by atoms with Gasteiger partial charge in [0.25, 0.3) is 5.91 Å². The lowest BCUT2D eigenvalue weighted by Crippen LogP contribution is -2.14. The second-order valence-electron chi connectivity index (χ2n) is 4.13. The molecule has 0 spiro atoms. The van der Waals surface area contributed by atoms with E-state index in [4.69, 9.17) is 11.5 Å². The predicted octanol–water partition coefficient (Wildman–Crippen LogP) is 2.71. The molecule has 2 aromatic carbocycles. The molecule has 5 N–H and O–H groups in total. The number of primary amides is 1. The minimum Gasteiger partial charge on any atom is -0.433 e. The van der Waals surface area contributed by atoms with E-state index in [9.17, 15) is 13.6 Å². The van der Waals surface area contributed by atoms with Gasteiger partial charge in [0, 0.05) is 0 Å². The maximum Gasteiger partial charge on any atom is 0.387 e. The molecule has 2 aromatic rings. The Hall–Kier alpha value is -2.83. The molecule has 0 unspecified atom stereocenters. The van der Waals surface area contributed by atoms with Gasteiger partial charge in [-0.05, 0) is 24.3 Å². The quantitative estimate of drug-likeness (QED) is 0.739. The number of halogens is 2. The summed E-state index contributed by atoms with van der Waals surface area (Å²) in [4.78, 5) is 11.2. The van der Waals surface area contributed by atoms with Gasteiger partial charge in [-0.25, -0.2) is 0 Å². The van der Waals surface area contributed by atoms with Crippen molar-refractivity contribution >= 4 is 23.0 Å². The van der Waals surface area contributed by atoms with Crippen LogP contribution in [0.2, 0.25) is 0 Å². The van der Waals surface area contributed by atoms with E-state index in [0.29, 0.717) is 11.4 Å². The fourth-order valence-electron chi connectivity index (χ4n) is 1.80. The number of nitrogens with one attached hydrogen (secondary N) is 1. The number of carbonyl (C=O) groups is 1. The lowest BCUT2D eigenvalue weighted by atomic mass is 10.1. The zero-order valence-corrected chi connectivity index (χ0v) is 10.8. The Morgan fingerprint density at radius 3 is 2.43 bits per heavy atom. The van der Waals surface area contributed by atoms with E-state index in [-0.39, 0.29) is 17.0 Å². The predicted molar refractivity (Wildman–Crippen MR) is 75.7 cm³/mol. The Morgan fingerprint density at radius 1 is 1.10 bits per heavy atom. The number of hydrogen-bond acceptors (Lipinski definition) is 4. The van der Waals surface area contributed by atoms with Gasteiger partial charge in [-0.1, -0.05) is 18.2 Å². The number of alkyl halides is 2. The maximum absolute atomic E-state index is 12.4. The molecule has 2 rings (SSSR count). The number of hydrogen-bond donors (Lipinski definition) is 3. The molecule has 5 nitrogen and oxygen atoms in total. The summed E-state index contributed by atoms with van der Waals surface area (Å²) < 4.78 is 29.1. The fourth-order valence-corrected chi connectivity index (χ4v) is 1.80. The first-order valence-electron chi connectivity index (χ1n) is 5.98. The first kappa shape index (κ1) is 14.6. The summed E-state index contributed by atoms with van der Waals surface area (Å²) in [6.45, 7) is -2.94. The van der Waals surface area contributed by atoms with Crippen molar-refractivity contribution in [3.05, 3.63) is 48.0 Å². The summed E-state index contributed by atoms with van der Waals surface area (Å²) in [5.74, 6) is -0.704. The van der Waals surface area contributed by atoms with E-state index in [1.807, 2.05) is 0 Å². The Morgan fingerprint density at radius 2 is 1.76 bits per heavy atom. The molecule has 0 heterocycles. The van der Waals surface area contributed by atoms with Crippen molar-refractivity contribution in [2.24, 2.45) is 5.73 Å². The van der Waals surface area contributed by atoms with Crippen LogP contribution in [0.4, 0.5) is 25.8 Å². The lowest BCUT2D eigenvalue weighted by Gasteiger charge is -2.15. The molecule has 0 aliphatic rings. The van der Waals surface area contributed by atoms with Crippen molar-refractivity contribution in [2.45, 2.75) is 6.61 Å². The molecular weight excluding hydrogens is 280 g/mol. The average molecular weight is 293 g/mol. The summed E-state index contributed by atoms with van der Waals surface area (Å²) in [5, 5.41) is 2.85. The molecule has 1 amide bonds. The lowest BCUT2D eigenvalue weighted by molar-refractivity contribution is -0.0493. The van der Waals surface area contributed by atoms with Gasteiger partial charge in [0.2, 0.25) is 0 Å². The maximum atomic E-state index is 12.4. The van der Waals surface area contributed by atoms with Gasteiger partial charge in [0.05, 0.1) is 22.6 Å². The van der Waals surface area contributed by atoms with E-state index < -0.39 is 12.5 Å². The van der Waals surface area contributed by atoms with Gasteiger partial charge in [-0.2, -0.15) is 8.78 Å². The highest BCUT2D eigenvalue weighted by atomic mass is 19.3. The van der Waals surface area contributed by atoms with Crippen LogP contribution in [0.25, 0.3) is 0 Å². The third-order valence-electron chi connectivity index (χ3n) is 2.74. The molecule has 0 fully saturated rings. The van der Waals surface area contributed by atoms with E-state index in [2.05, 4.69) is 10.1 Å². The highest BCUT2D eigenvalue weighted by Crippen LogP contribution is 2.32. The third kappa shape index (κ3) is 3.38. The number of nitrogens with two attached hydrogens (primary N) is 2. The second-order valence-corrected chi connectivity index (χ2v) is 4.13. The van der Waals surface area contributed by atoms with Crippen molar-refractivity contribution in [3.8, 4) is 5.75 Å². The molecule has 0 aliphatic carbocycles. The number of carbonyl (C=O) groups excluding carboxylic acids is 1. The summed E-state index contributed by atoms with van der Waals surface area (Å²) in [7, 11) is 0. The zero-order valence-electron chi connectivity index (χ0n) is 10.8. The van der Waals surface area contributed by atoms with E-state index in [0.717, 1.165) is 0 Å². The molecule has 0 saturated carbocycles. The van der Waals surface area contributed by atoms with Crippen LogP contribution >= 0.6 is 0 Å². The summed E-state index contributed by atoms with van der Waals surface area (Å²) >= 11 is 0. The first-order valence-corrected chi connectivity index (χ1v) is 5.98. The number of anilines is 3. The number of nitrogen functional groups attached to an aromatic ring is 1. The standard InChI is InChI=1S/C14H13F2N3O2/c15-14(16)21-11-7-2-1-5-9(11)19-10-6-3-4-8(12(10)17)13(18)20/h1-7,14,19H,17H2,(H2,18,20). The van der Waals surface area contributed by atoms with Gasteiger partial charge in [-0.3, -0.25) is 4.79 Å². The van der Waals surface area contributed by atoms with Crippen LogP contribution in [0.5, 0.6) is 5.75 Å². The van der Waals surface area contributed by atoms with Crippen LogP contribution in [-0.4, -0.2) is 12.5 Å². The van der Waals surface area contributed by atoms with Gasteiger partial charge >= 0.3 is 6.61 Å². The van der Waals surface area contributed by atoms with Crippen molar-refractivity contribution < 1.29 is 18.3 Å². The topological polar surface area (TPSA) is 90.4 Å². The van der Waals surface area contributed by atoms with Crippen molar-refractivity contribution in [3.63, 3.8) is 0 Å². The number of rotatable bonds is 5. The molecule has 0 aliphatic heterocycles. The highest BCUT2D eigenvalue weighted by Gasteiger charge is 2.13. The summed E-state index contributed by atoms with van der Waals surface area (Å²) in [5.41, 5.74) is 12.0. The van der Waals surface area contributed by atoms with Crippen molar-refractivity contribution in [1.82, 2.24) is 0 Å². The molecule has 0 saturated heterocycles. The molecule has 0 radical (unpaired) electrons. The molecule has 21 heavy (non-hydrogen) atoms. The smallest absolute Gasteiger partial charge is 0.387 e. The third-order valence-corrected chi connectivity index (χ3v) is 2.74. The molecule has 7 heteroatoms. The fraction of sp³-hybridized carbons (Fsp3) is 0.0714. The summed E-state index contributed by atoms with van der Waals surface area (Å²) in [6.07, 6.45) is 0. The van der Waals surface area contributed by atoms with Gasteiger partial charge in [0.1, 0.15) is 5.75 Å². The number of benzene rings is 2. The molecular formula is C14H13F2N3O2. The van der Waals surface area contributed by atoms with E-state index in [1.165, 1.54) is 12.1 Å². The van der Waals surface area contributed by atoms with Gasteiger partial charge in [0.15, 0.2) is 0 Å². The van der Waals surface area contributed by atoms with Crippen molar-refractivity contribution in [2.75, 3.05) is 11.1 Å². The van der Waals surface area contributed by atoms with Crippen LogP contribution in [-0.2, 0) is 0 Å². The van der Waals surface area contributed by atoms with Crippen LogP contribution < -0.4 is 21.5 Å². The molecule has 110 valence electrons. The molecule has 0 aromatic heterocycles. The Bertz CT molecular complexity index is 662. The van der Waals surface area contributed by atoms with Gasteiger partial charge < -0.3 is 21.5 Å². The minimum atomic E-state index is -2.94. The minimum absolute atomic E-state index is 0.0311. The van der Waals surface area contributed by atoms with Crippen LogP contribution in [0.15, 0.2) is 42.5 Å². The van der Waals surface area contributed by atoms with Crippen LogP contribution in [0.1, 0.15) is 10.4 Å². The Labute approximate surface area is 119 Å². The van der Waals surface area contributed by atoms with Gasteiger partial charge in [-0.15, -0.1) is 0 Å². The highest BCUT2D eigenvalue weighted by molar-refractivity contribution is 6.01. The Balaban J connectivity index is 2.35. The van der Waals surface area contributed by atoms with E-state index >= 15 is 0 Å². The van der Waals surface area contributed by atoms with Crippen molar-refractivity contribution in [1.29, 1.82) is 0 Å². The zero-order chi connectivity index (χ0) is 15.4. The number of ether oxygens (including phenoxy) is 1. The molecule has 0 atom stereocenters. The second kappa shape index (κ2) is 6.08. The number of para-hydroxylation sites is 3. The largest absolute Gasteiger partial charge is 0.433 e. The van der Waals surface area contributed by atoms with Crippen LogP contribution in [0.3, 0.4) is 0 Å². The SMILES string of the molecule is NC(=O)c1cccc(Nc2ccccc2OC(F)F)c1N. The average Bonchev–Trinajstić information content (AvgIpc) is 2.42. The van der Waals surface area contributed by atoms with E-state index in [1.54, 1.807) is 30.3 Å². The summed E-state index contributed by atoms with van der Waals surface area (Å²) in [6, 6.07) is 10.8. The first-order chi connectivity index (χ1) is 9.99. The Kier molecular flexibility index (Phi) is 4.22. The molecule has 0 bridgehead atoms. The van der Waals surface area contributed by atoms with Crippen LogP contribution in [0, 0.1) is 0 Å². The number of amides is 1. The normalized spacial score (nSPS) is 10.4. The monoisotopic (exact) mass is 293 g/mol.